The fraction of sp³-hybridized carbons (Fsp3) is 0.533. The lowest BCUT2D eigenvalue weighted by atomic mass is 9.98. The molecule has 0 radical (unpaired) electrons. The molecule has 0 saturated heterocycles. The maximum absolute atomic E-state index is 4.64. The van der Waals surface area contributed by atoms with Gasteiger partial charge in [0.1, 0.15) is 0 Å². The largest absolute Gasteiger partial charge is 0.317 e. The summed E-state index contributed by atoms with van der Waals surface area (Å²) in [6.45, 7) is 4.52. The summed E-state index contributed by atoms with van der Waals surface area (Å²) in [5.74, 6) is 0.657. The molecule has 1 aromatic heterocycles. The van der Waals surface area contributed by atoms with Gasteiger partial charge in [0.2, 0.25) is 0 Å². The Bertz CT molecular complexity index is 513. The Balaban J connectivity index is 2.17. The van der Waals surface area contributed by atoms with Gasteiger partial charge in [-0.2, -0.15) is 5.10 Å². The Kier molecular flexibility index (Phi) is 4.02. The summed E-state index contributed by atoms with van der Waals surface area (Å²) < 4.78 is 1.98. The summed E-state index contributed by atoms with van der Waals surface area (Å²) in [5.41, 5.74) is 2.44. The second-order valence-corrected chi connectivity index (χ2v) is 5.27. The minimum absolute atomic E-state index is 0.561. The lowest BCUT2D eigenvalue weighted by molar-refractivity contribution is 0.401. The molecule has 98 valence electrons. The Labute approximate surface area is 109 Å². The number of aromatic nitrogens is 2. The minimum Gasteiger partial charge on any atom is -0.317 e. The molecule has 0 aliphatic rings. The third kappa shape index (κ3) is 2.56. The van der Waals surface area contributed by atoms with Crippen molar-refractivity contribution in [2.24, 2.45) is 13.0 Å². The molecule has 1 aromatic carbocycles. The quantitative estimate of drug-likeness (QED) is 0.878. The van der Waals surface area contributed by atoms with Crippen molar-refractivity contribution >= 4 is 10.9 Å². The van der Waals surface area contributed by atoms with E-state index < -0.39 is 0 Å². The molecular weight excluding hydrogens is 222 g/mol. The number of hydrogen-bond acceptors (Lipinski definition) is 2. The number of benzene rings is 1. The van der Waals surface area contributed by atoms with Crippen molar-refractivity contribution in [3.8, 4) is 0 Å². The summed E-state index contributed by atoms with van der Waals surface area (Å²) in [6.07, 6.45) is 2.17. The monoisotopic (exact) mass is 245 g/mol. The Morgan fingerprint density at radius 1 is 1.28 bits per heavy atom. The summed E-state index contributed by atoms with van der Waals surface area (Å²) in [5, 5.41) is 9.33. The fourth-order valence-corrected chi connectivity index (χ4v) is 2.58. The number of para-hydroxylation sites is 1. The molecule has 3 heteroatoms. The molecule has 1 atom stereocenters. The van der Waals surface area contributed by atoms with E-state index in [2.05, 4.69) is 48.5 Å². The number of fused-ring (bicyclic) bond motifs is 1. The predicted octanol–water partition coefficient (Wildman–Crippen LogP) is 2.75. The smallest absolute Gasteiger partial charge is 0.0703 e. The van der Waals surface area contributed by atoms with Crippen LogP contribution in [0, 0.1) is 5.92 Å². The van der Waals surface area contributed by atoms with Crippen LogP contribution in [0.5, 0.6) is 0 Å². The van der Waals surface area contributed by atoms with Crippen LogP contribution >= 0.6 is 0 Å². The zero-order chi connectivity index (χ0) is 13.1. The lowest BCUT2D eigenvalue weighted by Gasteiger charge is -2.19. The molecule has 1 unspecified atom stereocenters. The topological polar surface area (TPSA) is 29.9 Å². The van der Waals surface area contributed by atoms with Crippen LogP contribution in [0.2, 0.25) is 0 Å². The first-order valence-electron chi connectivity index (χ1n) is 6.71. The summed E-state index contributed by atoms with van der Waals surface area (Å²) in [7, 11) is 4.06. The number of nitrogens with one attached hydrogen (secondary N) is 1. The number of hydrogen-bond donors (Lipinski definition) is 1. The van der Waals surface area contributed by atoms with Gasteiger partial charge in [0.25, 0.3) is 0 Å². The molecule has 2 rings (SSSR count). The molecule has 0 spiro atoms. The van der Waals surface area contributed by atoms with Gasteiger partial charge in [-0.25, -0.2) is 0 Å². The molecule has 0 bridgehead atoms. The molecule has 0 aliphatic heterocycles. The van der Waals surface area contributed by atoms with Crippen molar-refractivity contribution in [3.05, 3.63) is 30.0 Å². The van der Waals surface area contributed by atoms with E-state index in [1.54, 1.807) is 0 Å². The average Bonchev–Trinajstić information content (AvgIpc) is 2.68. The van der Waals surface area contributed by atoms with Gasteiger partial charge in [-0.1, -0.05) is 32.0 Å². The van der Waals surface area contributed by atoms with Gasteiger partial charge in [0.15, 0.2) is 0 Å². The summed E-state index contributed by atoms with van der Waals surface area (Å²) >= 11 is 0. The first kappa shape index (κ1) is 13.1. The standard InChI is InChI=1S/C15H23N3/c1-11(2)13(16-3)9-10-14-12-7-5-6-8-15(12)18(4)17-14/h5-8,11,13,16H,9-10H2,1-4H3. The van der Waals surface area contributed by atoms with Crippen molar-refractivity contribution in [1.82, 2.24) is 15.1 Å². The molecule has 0 amide bonds. The van der Waals surface area contributed by atoms with Crippen LogP contribution in [0.4, 0.5) is 0 Å². The molecule has 2 aromatic rings. The second-order valence-electron chi connectivity index (χ2n) is 5.27. The first-order valence-corrected chi connectivity index (χ1v) is 6.71. The van der Waals surface area contributed by atoms with Crippen LogP contribution in [0.3, 0.4) is 0 Å². The van der Waals surface area contributed by atoms with Gasteiger partial charge in [0.05, 0.1) is 11.2 Å². The normalized spacial score (nSPS) is 13.4. The molecular formula is C15H23N3. The van der Waals surface area contributed by atoms with Crippen molar-refractivity contribution in [1.29, 1.82) is 0 Å². The zero-order valence-corrected chi connectivity index (χ0v) is 11.8. The van der Waals surface area contributed by atoms with E-state index in [0.717, 1.165) is 12.8 Å². The van der Waals surface area contributed by atoms with E-state index in [1.165, 1.54) is 16.6 Å². The van der Waals surface area contributed by atoms with Gasteiger partial charge in [-0.05, 0) is 31.9 Å². The van der Waals surface area contributed by atoms with Crippen molar-refractivity contribution in [2.45, 2.75) is 32.7 Å². The third-order valence-corrected chi connectivity index (χ3v) is 3.70. The molecule has 0 fully saturated rings. The third-order valence-electron chi connectivity index (χ3n) is 3.70. The molecule has 18 heavy (non-hydrogen) atoms. The maximum atomic E-state index is 4.64. The number of rotatable bonds is 5. The van der Waals surface area contributed by atoms with E-state index in [1.807, 2.05) is 18.8 Å². The van der Waals surface area contributed by atoms with Crippen LogP contribution in [0.25, 0.3) is 10.9 Å². The van der Waals surface area contributed by atoms with Gasteiger partial charge in [-0.3, -0.25) is 4.68 Å². The van der Waals surface area contributed by atoms with Crippen molar-refractivity contribution in [3.63, 3.8) is 0 Å². The fourth-order valence-electron chi connectivity index (χ4n) is 2.58. The van der Waals surface area contributed by atoms with E-state index >= 15 is 0 Å². The number of nitrogens with zero attached hydrogens (tertiary/aromatic N) is 2. The molecule has 0 saturated carbocycles. The summed E-state index contributed by atoms with van der Waals surface area (Å²) in [6, 6.07) is 9.01. The van der Waals surface area contributed by atoms with Crippen LogP contribution < -0.4 is 5.32 Å². The van der Waals surface area contributed by atoms with E-state index in [9.17, 15) is 0 Å². The first-order chi connectivity index (χ1) is 8.63. The van der Waals surface area contributed by atoms with Crippen LogP contribution in [0.1, 0.15) is 26.0 Å². The van der Waals surface area contributed by atoms with Crippen molar-refractivity contribution < 1.29 is 0 Å². The molecule has 0 aliphatic carbocycles. The van der Waals surface area contributed by atoms with Crippen LogP contribution in [-0.4, -0.2) is 22.9 Å². The molecule has 3 nitrogen and oxygen atoms in total. The van der Waals surface area contributed by atoms with Crippen LogP contribution in [0.15, 0.2) is 24.3 Å². The lowest BCUT2D eigenvalue weighted by Crippen LogP contribution is -2.31. The number of aryl methyl sites for hydroxylation is 2. The highest BCUT2D eigenvalue weighted by Crippen LogP contribution is 2.20. The Hall–Kier alpha value is -1.35. The van der Waals surface area contributed by atoms with E-state index in [0.29, 0.717) is 12.0 Å². The van der Waals surface area contributed by atoms with Gasteiger partial charge in [-0.15, -0.1) is 0 Å². The van der Waals surface area contributed by atoms with E-state index in [-0.39, 0.29) is 0 Å². The second kappa shape index (κ2) is 5.53. The van der Waals surface area contributed by atoms with Gasteiger partial charge in [0, 0.05) is 18.5 Å². The Morgan fingerprint density at radius 2 is 2.00 bits per heavy atom. The minimum atomic E-state index is 0.561. The average molecular weight is 245 g/mol. The highest BCUT2D eigenvalue weighted by Gasteiger charge is 2.13. The highest BCUT2D eigenvalue weighted by molar-refractivity contribution is 5.81. The van der Waals surface area contributed by atoms with E-state index in [4.69, 9.17) is 0 Å². The highest BCUT2D eigenvalue weighted by atomic mass is 15.3. The van der Waals surface area contributed by atoms with Crippen molar-refractivity contribution in [2.75, 3.05) is 7.05 Å². The molecule has 1 heterocycles. The Morgan fingerprint density at radius 3 is 2.67 bits per heavy atom. The van der Waals surface area contributed by atoms with Gasteiger partial charge < -0.3 is 5.32 Å². The van der Waals surface area contributed by atoms with Crippen LogP contribution in [-0.2, 0) is 13.5 Å². The SMILES string of the molecule is CNC(CCc1nn(C)c2ccccc12)C(C)C. The predicted molar refractivity (Wildman–Crippen MR) is 76.7 cm³/mol. The maximum Gasteiger partial charge on any atom is 0.0703 e. The zero-order valence-electron chi connectivity index (χ0n) is 11.8. The summed E-state index contributed by atoms with van der Waals surface area (Å²) in [4.78, 5) is 0. The molecule has 1 N–H and O–H groups in total. The van der Waals surface area contributed by atoms with Gasteiger partial charge >= 0.3 is 0 Å².